The first-order valence-electron chi connectivity index (χ1n) is 6.06. The summed E-state index contributed by atoms with van der Waals surface area (Å²) in [5.41, 5.74) is 3.03. The minimum Gasteiger partial charge on any atom is -0.352 e. The number of aryl methyl sites for hydroxylation is 2. The Hall–Kier alpha value is -0.830. The van der Waals surface area contributed by atoms with Gasteiger partial charge in [-0.15, -0.1) is 0 Å². The SMILES string of the molecule is Cc1cc(C)cc(C(=O)NCCCCCBr)c1. The predicted octanol–water partition coefficient (Wildman–Crippen LogP) is 3.60. The van der Waals surface area contributed by atoms with Gasteiger partial charge in [-0.05, 0) is 38.8 Å². The number of carbonyl (C=O) groups excluding carboxylic acids is 1. The third kappa shape index (κ3) is 5.35. The van der Waals surface area contributed by atoms with Crippen LogP contribution >= 0.6 is 15.9 Å². The molecule has 0 bridgehead atoms. The second-order valence-corrected chi connectivity index (χ2v) is 5.17. The minimum absolute atomic E-state index is 0.0376. The van der Waals surface area contributed by atoms with Gasteiger partial charge in [0, 0.05) is 17.4 Å². The Morgan fingerprint density at radius 2 is 1.76 bits per heavy atom. The molecule has 0 fully saturated rings. The van der Waals surface area contributed by atoms with E-state index in [9.17, 15) is 4.79 Å². The molecule has 0 aliphatic rings. The third-order valence-electron chi connectivity index (χ3n) is 2.58. The highest BCUT2D eigenvalue weighted by molar-refractivity contribution is 9.09. The first kappa shape index (κ1) is 14.2. The summed E-state index contributed by atoms with van der Waals surface area (Å²) in [6.45, 7) is 4.79. The number of hydrogen-bond acceptors (Lipinski definition) is 1. The Bertz CT molecular complexity index is 356. The summed E-state index contributed by atoms with van der Waals surface area (Å²) in [4.78, 5) is 11.9. The summed E-state index contributed by atoms with van der Waals surface area (Å²) in [6, 6.07) is 5.94. The monoisotopic (exact) mass is 297 g/mol. The third-order valence-corrected chi connectivity index (χ3v) is 3.14. The molecule has 1 rings (SSSR count). The van der Waals surface area contributed by atoms with E-state index >= 15 is 0 Å². The van der Waals surface area contributed by atoms with E-state index in [4.69, 9.17) is 0 Å². The van der Waals surface area contributed by atoms with Crippen molar-refractivity contribution in [2.75, 3.05) is 11.9 Å². The molecule has 0 atom stereocenters. The fourth-order valence-electron chi connectivity index (χ4n) is 1.81. The largest absolute Gasteiger partial charge is 0.352 e. The maximum atomic E-state index is 11.9. The molecular formula is C14H20BrNO. The number of amides is 1. The van der Waals surface area contributed by atoms with Gasteiger partial charge in [-0.1, -0.05) is 39.5 Å². The van der Waals surface area contributed by atoms with Crippen LogP contribution in [0, 0.1) is 13.8 Å². The van der Waals surface area contributed by atoms with Gasteiger partial charge in [0.2, 0.25) is 0 Å². The van der Waals surface area contributed by atoms with Gasteiger partial charge in [-0.25, -0.2) is 0 Å². The van der Waals surface area contributed by atoms with Crippen LogP contribution in [0.15, 0.2) is 18.2 Å². The quantitative estimate of drug-likeness (QED) is 0.631. The molecule has 1 aromatic rings. The van der Waals surface area contributed by atoms with Gasteiger partial charge in [0.25, 0.3) is 5.91 Å². The van der Waals surface area contributed by atoms with Crippen molar-refractivity contribution in [3.05, 3.63) is 34.9 Å². The second-order valence-electron chi connectivity index (χ2n) is 4.38. The highest BCUT2D eigenvalue weighted by Gasteiger charge is 2.05. The molecule has 0 unspecified atom stereocenters. The van der Waals surface area contributed by atoms with Crippen molar-refractivity contribution in [3.63, 3.8) is 0 Å². The number of alkyl halides is 1. The highest BCUT2D eigenvalue weighted by atomic mass is 79.9. The number of benzene rings is 1. The lowest BCUT2D eigenvalue weighted by Gasteiger charge is -2.06. The number of hydrogen-bond donors (Lipinski definition) is 1. The summed E-state index contributed by atoms with van der Waals surface area (Å²) >= 11 is 3.40. The molecule has 3 heteroatoms. The average Bonchev–Trinajstić information content (AvgIpc) is 2.27. The Kier molecular flexibility index (Phi) is 6.27. The van der Waals surface area contributed by atoms with Crippen molar-refractivity contribution in [2.45, 2.75) is 33.1 Å². The van der Waals surface area contributed by atoms with E-state index in [-0.39, 0.29) is 5.91 Å². The number of carbonyl (C=O) groups is 1. The Balaban J connectivity index is 2.41. The maximum absolute atomic E-state index is 11.9. The Morgan fingerprint density at radius 3 is 2.35 bits per heavy atom. The summed E-state index contributed by atoms with van der Waals surface area (Å²) in [5.74, 6) is 0.0376. The lowest BCUT2D eigenvalue weighted by atomic mass is 10.1. The second kappa shape index (κ2) is 7.49. The smallest absolute Gasteiger partial charge is 0.251 e. The van der Waals surface area contributed by atoms with Crippen LogP contribution in [-0.2, 0) is 0 Å². The van der Waals surface area contributed by atoms with Crippen LogP contribution in [0.5, 0.6) is 0 Å². The summed E-state index contributed by atoms with van der Waals surface area (Å²) < 4.78 is 0. The van der Waals surface area contributed by atoms with Gasteiger partial charge >= 0.3 is 0 Å². The van der Waals surface area contributed by atoms with Crippen molar-refractivity contribution in [2.24, 2.45) is 0 Å². The van der Waals surface area contributed by atoms with Gasteiger partial charge in [0.15, 0.2) is 0 Å². The molecule has 1 aromatic carbocycles. The standard InChI is InChI=1S/C14H20BrNO/c1-11-8-12(2)10-13(9-11)14(17)16-7-5-3-4-6-15/h8-10H,3-7H2,1-2H3,(H,16,17). The number of halogens is 1. The summed E-state index contributed by atoms with van der Waals surface area (Å²) in [5, 5.41) is 4.00. The first-order valence-corrected chi connectivity index (χ1v) is 7.18. The minimum atomic E-state index is 0.0376. The average molecular weight is 298 g/mol. The molecule has 17 heavy (non-hydrogen) atoms. The molecule has 0 aromatic heterocycles. The number of rotatable bonds is 6. The van der Waals surface area contributed by atoms with Gasteiger partial charge in [0.05, 0.1) is 0 Å². The molecule has 0 spiro atoms. The zero-order valence-corrected chi connectivity index (χ0v) is 12.1. The van der Waals surface area contributed by atoms with Crippen LogP contribution in [0.2, 0.25) is 0 Å². The van der Waals surface area contributed by atoms with E-state index in [0.717, 1.165) is 41.4 Å². The van der Waals surface area contributed by atoms with E-state index in [0.29, 0.717) is 0 Å². The van der Waals surface area contributed by atoms with Gasteiger partial charge in [-0.3, -0.25) is 4.79 Å². The number of nitrogens with one attached hydrogen (secondary N) is 1. The van der Waals surface area contributed by atoms with E-state index in [1.54, 1.807) is 0 Å². The van der Waals surface area contributed by atoms with Crippen LogP contribution in [0.1, 0.15) is 40.7 Å². The van der Waals surface area contributed by atoms with E-state index in [1.807, 2.05) is 26.0 Å². The zero-order chi connectivity index (χ0) is 12.7. The molecule has 0 saturated heterocycles. The molecule has 0 saturated carbocycles. The molecule has 1 amide bonds. The maximum Gasteiger partial charge on any atom is 0.251 e. The Morgan fingerprint density at radius 1 is 1.12 bits per heavy atom. The van der Waals surface area contributed by atoms with E-state index in [1.165, 1.54) is 6.42 Å². The van der Waals surface area contributed by atoms with Crippen molar-refractivity contribution in [1.29, 1.82) is 0 Å². The van der Waals surface area contributed by atoms with E-state index in [2.05, 4.69) is 27.3 Å². The van der Waals surface area contributed by atoms with Gasteiger partial charge in [-0.2, -0.15) is 0 Å². The molecule has 94 valence electrons. The molecule has 0 heterocycles. The normalized spacial score (nSPS) is 10.3. The van der Waals surface area contributed by atoms with Crippen molar-refractivity contribution in [1.82, 2.24) is 5.32 Å². The highest BCUT2D eigenvalue weighted by Crippen LogP contribution is 2.08. The fraction of sp³-hybridized carbons (Fsp3) is 0.500. The molecule has 2 nitrogen and oxygen atoms in total. The van der Waals surface area contributed by atoms with Crippen LogP contribution in [-0.4, -0.2) is 17.8 Å². The van der Waals surface area contributed by atoms with Crippen molar-refractivity contribution < 1.29 is 4.79 Å². The summed E-state index contributed by atoms with van der Waals surface area (Å²) in [7, 11) is 0. The van der Waals surface area contributed by atoms with Crippen molar-refractivity contribution >= 4 is 21.8 Å². The lowest BCUT2D eigenvalue weighted by molar-refractivity contribution is 0.0953. The van der Waals surface area contributed by atoms with Crippen LogP contribution in [0.25, 0.3) is 0 Å². The van der Waals surface area contributed by atoms with Crippen LogP contribution < -0.4 is 5.32 Å². The van der Waals surface area contributed by atoms with Gasteiger partial charge in [0.1, 0.15) is 0 Å². The van der Waals surface area contributed by atoms with Gasteiger partial charge < -0.3 is 5.32 Å². The fourth-order valence-corrected chi connectivity index (χ4v) is 2.20. The summed E-state index contributed by atoms with van der Waals surface area (Å²) in [6.07, 6.45) is 3.36. The molecule has 0 radical (unpaired) electrons. The number of unbranched alkanes of at least 4 members (excludes halogenated alkanes) is 2. The van der Waals surface area contributed by atoms with Crippen LogP contribution in [0.4, 0.5) is 0 Å². The molecular weight excluding hydrogens is 278 g/mol. The molecule has 0 aliphatic carbocycles. The lowest BCUT2D eigenvalue weighted by Crippen LogP contribution is -2.24. The van der Waals surface area contributed by atoms with Crippen molar-refractivity contribution in [3.8, 4) is 0 Å². The molecule has 0 aliphatic heterocycles. The van der Waals surface area contributed by atoms with E-state index < -0.39 is 0 Å². The molecule has 1 N–H and O–H groups in total. The topological polar surface area (TPSA) is 29.1 Å². The zero-order valence-electron chi connectivity index (χ0n) is 10.6. The predicted molar refractivity (Wildman–Crippen MR) is 75.9 cm³/mol. The Labute approximate surface area is 112 Å². The first-order chi connectivity index (χ1) is 8.13. The van der Waals surface area contributed by atoms with Crippen LogP contribution in [0.3, 0.4) is 0 Å².